The van der Waals surface area contributed by atoms with Gasteiger partial charge in [-0.25, -0.2) is 13.4 Å². The van der Waals surface area contributed by atoms with Crippen molar-refractivity contribution in [3.8, 4) is 17.0 Å². The van der Waals surface area contributed by atoms with Crippen molar-refractivity contribution in [1.82, 2.24) is 9.88 Å². The van der Waals surface area contributed by atoms with Gasteiger partial charge in [0, 0.05) is 31.0 Å². The van der Waals surface area contributed by atoms with Gasteiger partial charge in [-0.05, 0) is 85.6 Å². The van der Waals surface area contributed by atoms with E-state index in [1.54, 1.807) is 47.5 Å². The molecule has 2 aliphatic rings. The van der Waals surface area contributed by atoms with Gasteiger partial charge in [0.1, 0.15) is 5.69 Å². The lowest BCUT2D eigenvalue weighted by atomic mass is 9.90. The largest absolute Gasteiger partial charge is 0.476 e. The summed E-state index contributed by atoms with van der Waals surface area (Å²) in [5.41, 5.74) is 3.54. The monoisotopic (exact) mass is 556 g/mol. The Hall–Kier alpha value is -3.95. The van der Waals surface area contributed by atoms with Gasteiger partial charge < -0.3 is 14.5 Å². The smallest absolute Gasteiger partial charge is 0.262 e. The molecule has 6 rings (SSSR count). The van der Waals surface area contributed by atoms with E-state index < -0.39 is 15.4 Å². The molecule has 1 amide bonds. The van der Waals surface area contributed by atoms with Gasteiger partial charge in [-0.15, -0.1) is 0 Å². The van der Waals surface area contributed by atoms with Crippen LogP contribution in [0.15, 0.2) is 77.8 Å². The zero-order chi connectivity index (χ0) is 28.1. The van der Waals surface area contributed by atoms with E-state index in [2.05, 4.69) is 20.7 Å². The summed E-state index contributed by atoms with van der Waals surface area (Å²) in [7, 11) is 1.96. The Bertz CT molecular complexity index is 1720. The van der Waals surface area contributed by atoms with Crippen LogP contribution in [0.4, 0.5) is 11.4 Å². The molecule has 1 aliphatic heterocycles. The number of benzene rings is 3. The third-order valence-corrected chi connectivity index (χ3v) is 9.16. The molecule has 0 radical (unpaired) electrons. The minimum absolute atomic E-state index is 0.156. The predicted molar refractivity (Wildman–Crippen MR) is 157 cm³/mol. The number of nitrogens with one attached hydrogen (secondary N) is 1. The van der Waals surface area contributed by atoms with Gasteiger partial charge in [0.05, 0.1) is 16.9 Å². The molecule has 1 aliphatic carbocycles. The highest BCUT2D eigenvalue weighted by molar-refractivity contribution is 7.92. The Balaban J connectivity index is 1.40. The Morgan fingerprint density at radius 3 is 2.50 bits per heavy atom. The minimum Gasteiger partial charge on any atom is -0.476 e. The highest BCUT2D eigenvalue weighted by atomic mass is 32.2. The maximum absolute atomic E-state index is 13.2. The summed E-state index contributed by atoms with van der Waals surface area (Å²) in [6.07, 6.45) is 4.20. The van der Waals surface area contributed by atoms with Crippen LogP contribution in [0.25, 0.3) is 21.9 Å². The number of anilines is 2. The number of fused-ring (bicyclic) bond motifs is 4. The van der Waals surface area contributed by atoms with E-state index in [4.69, 9.17) is 4.74 Å². The second kappa shape index (κ2) is 9.91. The molecule has 1 aromatic heterocycles. The Kier molecular flexibility index (Phi) is 6.51. The van der Waals surface area contributed by atoms with E-state index in [1.165, 1.54) is 0 Å². The van der Waals surface area contributed by atoms with Crippen molar-refractivity contribution < 1.29 is 17.9 Å². The Morgan fingerprint density at radius 2 is 1.77 bits per heavy atom. The Morgan fingerprint density at radius 1 is 1.02 bits per heavy atom. The summed E-state index contributed by atoms with van der Waals surface area (Å²) in [6, 6.07) is 20.2. The number of ether oxygens (including phenoxy) is 1. The lowest BCUT2D eigenvalue weighted by molar-refractivity contribution is -0.119. The highest BCUT2D eigenvalue weighted by Crippen LogP contribution is 2.59. The molecule has 0 saturated heterocycles. The third-order valence-electron chi connectivity index (χ3n) is 7.77. The second-order valence-corrected chi connectivity index (χ2v) is 12.5. The average Bonchev–Trinajstić information content (AvgIpc) is 3.72. The van der Waals surface area contributed by atoms with Gasteiger partial charge >= 0.3 is 0 Å². The number of rotatable bonds is 9. The fourth-order valence-electron chi connectivity index (χ4n) is 5.55. The van der Waals surface area contributed by atoms with Crippen LogP contribution in [0.2, 0.25) is 0 Å². The first kappa shape index (κ1) is 26.3. The molecule has 206 valence electrons. The Labute approximate surface area is 234 Å². The lowest BCUT2D eigenvalue weighted by Gasteiger charge is -2.16. The summed E-state index contributed by atoms with van der Waals surface area (Å²) in [5.74, 6) is 0.392. The van der Waals surface area contributed by atoms with E-state index in [-0.39, 0.29) is 22.4 Å². The number of pyridine rings is 1. The first-order chi connectivity index (χ1) is 19.2. The summed E-state index contributed by atoms with van der Waals surface area (Å²) in [6.45, 7) is 1.24. The van der Waals surface area contributed by atoms with Crippen LogP contribution in [0.3, 0.4) is 0 Å². The van der Waals surface area contributed by atoms with Crippen LogP contribution in [-0.4, -0.2) is 58.5 Å². The molecule has 0 bridgehead atoms. The van der Waals surface area contributed by atoms with Gasteiger partial charge in [0.15, 0.2) is 0 Å². The molecule has 1 fully saturated rings. The topological polar surface area (TPSA) is 91.8 Å². The first-order valence-corrected chi connectivity index (χ1v) is 14.9. The number of carbonyl (C=O) groups is 1. The zero-order valence-electron chi connectivity index (χ0n) is 22.8. The van der Waals surface area contributed by atoms with Gasteiger partial charge in [-0.3, -0.25) is 9.52 Å². The number of likely N-dealkylation sites (N-methyl/N-ethyl adjacent to an activating group) is 1. The summed E-state index contributed by atoms with van der Waals surface area (Å²) in [4.78, 5) is 21.6. The van der Waals surface area contributed by atoms with E-state index in [1.807, 2.05) is 45.4 Å². The number of sulfonamides is 1. The van der Waals surface area contributed by atoms with E-state index in [0.29, 0.717) is 6.61 Å². The molecular formula is C31H32N4O4S. The molecule has 0 unspecified atom stereocenters. The van der Waals surface area contributed by atoms with Gasteiger partial charge in [-0.2, -0.15) is 0 Å². The number of nitrogens with zero attached hydrogens (tertiary/aromatic N) is 3. The van der Waals surface area contributed by atoms with E-state index >= 15 is 0 Å². The summed E-state index contributed by atoms with van der Waals surface area (Å²) < 4.78 is 35.1. The van der Waals surface area contributed by atoms with Crippen LogP contribution in [-0.2, 0) is 20.2 Å². The molecule has 1 N–H and O–H groups in total. The first-order valence-electron chi connectivity index (χ1n) is 13.4. The molecule has 4 aromatic rings. The van der Waals surface area contributed by atoms with Crippen molar-refractivity contribution >= 4 is 38.1 Å². The third kappa shape index (κ3) is 4.59. The molecule has 1 saturated carbocycles. The molecule has 3 aromatic carbocycles. The fourth-order valence-corrected chi connectivity index (χ4v) is 6.62. The number of aromatic nitrogens is 1. The van der Waals surface area contributed by atoms with Gasteiger partial charge in [0.25, 0.3) is 10.0 Å². The zero-order valence-corrected chi connectivity index (χ0v) is 23.7. The SMILES string of the molecule is CN(C)CCCOc1ncc(-c2ccc3ccc4c(c3c2)C2(CC2)C(=O)N4C)cc1NS(=O)(=O)c1ccccc1. The highest BCUT2D eigenvalue weighted by Gasteiger charge is 2.59. The molecule has 40 heavy (non-hydrogen) atoms. The van der Waals surface area contributed by atoms with E-state index in [0.717, 1.165) is 59.0 Å². The molecule has 9 heteroatoms. The van der Waals surface area contributed by atoms with Crippen molar-refractivity contribution in [2.24, 2.45) is 0 Å². The second-order valence-electron chi connectivity index (χ2n) is 10.8. The molecule has 1 spiro atoms. The van der Waals surface area contributed by atoms with Crippen LogP contribution in [0.1, 0.15) is 24.8 Å². The minimum atomic E-state index is -3.86. The van der Waals surface area contributed by atoms with Crippen molar-refractivity contribution in [3.05, 3.63) is 78.5 Å². The van der Waals surface area contributed by atoms with Crippen molar-refractivity contribution in [3.63, 3.8) is 0 Å². The van der Waals surface area contributed by atoms with Crippen molar-refractivity contribution in [2.45, 2.75) is 29.6 Å². The molecule has 0 atom stereocenters. The number of hydrogen-bond acceptors (Lipinski definition) is 6. The maximum atomic E-state index is 13.2. The summed E-state index contributed by atoms with van der Waals surface area (Å²) in [5, 5.41) is 2.11. The quantitative estimate of drug-likeness (QED) is 0.291. The number of hydrogen-bond donors (Lipinski definition) is 1. The predicted octanol–water partition coefficient (Wildman–Crippen LogP) is 5.04. The number of amides is 1. The van der Waals surface area contributed by atoms with Crippen LogP contribution in [0, 0.1) is 0 Å². The van der Waals surface area contributed by atoms with Crippen LogP contribution < -0.4 is 14.4 Å². The van der Waals surface area contributed by atoms with Gasteiger partial charge in [-0.1, -0.05) is 36.4 Å². The lowest BCUT2D eigenvalue weighted by Crippen LogP contribution is -2.27. The molecule has 8 nitrogen and oxygen atoms in total. The molecular weight excluding hydrogens is 524 g/mol. The van der Waals surface area contributed by atoms with Crippen LogP contribution >= 0.6 is 0 Å². The normalized spacial score (nSPS) is 15.6. The maximum Gasteiger partial charge on any atom is 0.262 e. The van der Waals surface area contributed by atoms with Crippen molar-refractivity contribution in [1.29, 1.82) is 0 Å². The number of carbonyl (C=O) groups excluding carboxylic acids is 1. The molecule has 2 heterocycles. The van der Waals surface area contributed by atoms with Crippen molar-refractivity contribution in [2.75, 3.05) is 43.9 Å². The van der Waals surface area contributed by atoms with Crippen LogP contribution in [0.5, 0.6) is 5.88 Å². The fraction of sp³-hybridized carbons (Fsp3) is 0.290. The summed E-state index contributed by atoms with van der Waals surface area (Å²) >= 11 is 0. The van der Waals surface area contributed by atoms with Gasteiger partial charge in [0.2, 0.25) is 11.8 Å². The standard InChI is InChI=1S/C31H32N4O4S/c1-34(2)16-7-17-39-29-26(33-40(37,38)24-8-5-4-6-9-24)19-23(20-32-29)22-11-10-21-12-13-27-28(25(21)18-22)31(14-15-31)30(36)35(27)3/h4-6,8-13,18-20,33H,7,14-17H2,1-3H3. The average molecular weight is 557 g/mol. The van der Waals surface area contributed by atoms with E-state index in [9.17, 15) is 13.2 Å².